The summed E-state index contributed by atoms with van der Waals surface area (Å²) in [5.41, 5.74) is 0.988. The lowest BCUT2D eigenvalue weighted by atomic mass is 10.2. The highest BCUT2D eigenvalue weighted by Crippen LogP contribution is 2.28. The number of hydrogen-bond donors (Lipinski definition) is 2. The molecular weight excluding hydrogens is 310 g/mol. The van der Waals surface area contributed by atoms with Gasteiger partial charge < -0.3 is 5.32 Å². The highest BCUT2D eigenvalue weighted by atomic mass is 35.5. The van der Waals surface area contributed by atoms with Gasteiger partial charge in [0.1, 0.15) is 0 Å². The summed E-state index contributed by atoms with van der Waals surface area (Å²) in [7, 11) is -3.49. The van der Waals surface area contributed by atoms with Gasteiger partial charge in [0.15, 0.2) is 0 Å². The number of halogens is 1. The third-order valence-electron chi connectivity index (χ3n) is 3.18. The van der Waals surface area contributed by atoms with E-state index in [0.29, 0.717) is 22.8 Å². The summed E-state index contributed by atoms with van der Waals surface area (Å²) in [6.45, 7) is 4.72. The second-order valence-electron chi connectivity index (χ2n) is 4.76. The predicted octanol–water partition coefficient (Wildman–Crippen LogP) is 2.63. The molecule has 21 heavy (non-hydrogen) atoms. The molecule has 7 heteroatoms. The molecule has 2 aromatic rings. The monoisotopic (exact) mass is 327 g/mol. The van der Waals surface area contributed by atoms with E-state index in [1.165, 1.54) is 0 Å². The number of pyridine rings is 1. The van der Waals surface area contributed by atoms with Crippen molar-refractivity contribution < 1.29 is 8.42 Å². The lowest BCUT2D eigenvalue weighted by molar-refractivity contribution is 0.579. The van der Waals surface area contributed by atoms with Gasteiger partial charge in [-0.05, 0) is 37.7 Å². The van der Waals surface area contributed by atoms with E-state index >= 15 is 0 Å². The first-order valence-corrected chi connectivity index (χ1v) is 8.63. The number of sulfonamides is 1. The van der Waals surface area contributed by atoms with Crippen LogP contribution in [0.25, 0.3) is 10.9 Å². The molecule has 1 unspecified atom stereocenters. The SMILES string of the molecule is CCNCC(C)S(=O)(=O)Nc1ccc(Cl)c2cccnc12. The van der Waals surface area contributed by atoms with Crippen LogP contribution >= 0.6 is 11.6 Å². The van der Waals surface area contributed by atoms with Crippen LogP contribution in [-0.4, -0.2) is 31.7 Å². The molecule has 1 aromatic carbocycles. The number of rotatable bonds is 6. The van der Waals surface area contributed by atoms with E-state index in [9.17, 15) is 8.42 Å². The van der Waals surface area contributed by atoms with Crippen LogP contribution < -0.4 is 10.0 Å². The van der Waals surface area contributed by atoms with Crippen molar-refractivity contribution in [3.8, 4) is 0 Å². The fourth-order valence-corrected chi connectivity index (χ4v) is 3.16. The first kappa shape index (κ1) is 16.0. The van der Waals surface area contributed by atoms with E-state index in [4.69, 9.17) is 11.6 Å². The molecule has 0 bridgehead atoms. The fourth-order valence-electron chi connectivity index (χ4n) is 1.93. The summed E-state index contributed by atoms with van der Waals surface area (Å²) in [6.07, 6.45) is 1.61. The van der Waals surface area contributed by atoms with Crippen molar-refractivity contribution >= 4 is 38.2 Å². The van der Waals surface area contributed by atoms with Gasteiger partial charge in [0.2, 0.25) is 10.0 Å². The molecule has 0 aliphatic carbocycles. The quantitative estimate of drug-likeness (QED) is 0.855. The summed E-state index contributed by atoms with van der Waals surface area (Å²) in [5.74, 6) is 0. The minimum absolute atomic E-state index is 0.394. The first-order chi connectivity index (χ1) is 9.95. The maximum absolute atomic E-state index is 12.3. The number of nitrogens with one attached hydrogen (secondary N) is 2. The van der Waals surface area contributed by atoms with Crippen molar-refractivity contribution in [2.45, 2.75) is 19.1 Å². The third kappa shape index (κ3) is 3.64. The molecule has 0 spiro atoms. The van der Waals surface area contributed by atoms with Gasteiger partial charge in [0.25, 0.3) is 0 Å². The summed E-state index contributed by atoms with van der Waals surface area (Å²) in [6, 6.07) is 6.87. The minimum Gasteiger partial charge on any atom is -0.316 e. The van der Waals surface area contributed by atoms with Crippen LogP contribution in [0.2, 0.25) is 5.02 Å². The highest BCUT2D eigenvalue weighted by Gasteiger charge is 2.21. The molecule has 1 atom stereocenters. The van der Waals surface area contributed by atoms with E-state index in [-0.39, 0.29) is 0 Å². The smallest absolute Gasteiger partial charge is 0.236 e. The fraction of sp³-hybridized carbons (Fsp3) is 0.357. The van der Waals surface area contributed by atoms with Gasteiger partial charge in [-0.15, -0.1) is 0 Å². The van der Waals surface area contributed by atoms with Gasteiger partial charge >= 0.3 is 0 Å². The van der Waals surface area contributed by atoms with Crippen molar-refractivity contribution in [2.75, 3.05) is 17.8 Å². The Balaban J connectivity index is 2.34. The van der Waals surface area contributed by atoms with E-state index in [2.05, 4.69) is 15.0 Å². The Hall–Kier alpha value is -1.37. The van der Waals surface area contributed by atoms with Crippen molar-refractivity contribution in [1.82, 2.24) is 10.3 Å². The molecule has 0 aliphatic rings. The van der Waals surface area contributed by atoms with Crippen LogP contribution in [0.4, 0.5) is 5.69 Å². The number of anilines is 1. The molecule has 0 fully saturated rings. The van der Waals surface area contributed by atoms with Crippen LogP contribution in [-0.2, 0) is 10.0 Å². The zero-order valence-corrected chi connectivity index (χ0v) is 13.5. The molecule has 2 rings (SSSR count). The Morgan fingerprint density at radius 2 is 2.10 bits per heavy atom. The number of hydrogen-bond acceptors (Lipinski definition) is 4. The topological polar surface area (TPSA) is 71.1 Å². The number of fused-ring (bicyclic) bond motifs is 1. The van der Waals surface area contributed by atoms with Gasteiger partial charge in [-0.3, -0.25) is 9.71 Å². The largest absolute Gasteiger partial charge is 0.316 e. The highest BCUT2D eigenvalue weighted by molar-refractivity contribution is 7.93. The molecule has 0 radical (unpaired) electrons. The van der Waals surface area contributed by atoms with Crippen LogP contribution in [0, 0.1) is 0 Å². The maximum Gasteiger partial charge on any atom is 0.236 e. The molecule has 1 heterocycles. The molecule has 0 aliphatic heterocycles. The molecule has 1 aromatic heterocycles. The first-order valence-electron chi connectivity index (χ1n) is 6.71. The van der Waals surface area contributed by atoms with Crippen molar-refractivity contribution in [2.24, 2.45) is 0 Å². The molecule has 0 saturated carbocycles. The van der Waals surface area contributed by atoms with Gasteiger partial charge in [0.05, 0.1) is 21.5 Å². The van der Waals surface area contributed by atoms with E-state index in [0.717, 1.165) is 11.9 Å². The van der Waals surface area contributed by atoms with Gasteiger partial charge in [-0.25, -0.2) is 8.42 Å². The lowest BCUT2D eigenvalue weighted by Gasteiger charge is -2.16. The predicted molar refractivity (Wildman–Crippen MR) is 87.3 cm³/mol. The normalized spacial score (nSPS) is 13.3. The number of nitrogens with zero attached hydrogens (tertiary/aromatic N) is 1. The van der Waals surface area contributed by atoms with Crippen molar-refractivity contribution in [1.29, 1.82) is 0 Å². The van der Waals surface area contributed by atoms with Gasteiger partial charge in [-0.1, -0.05) is 18.5 Å². The van der Waals surface area contributed by atoms with E-state index in [1.54, 1.807) is 31.3 Å². The molecule has 114 valence electrons. The van der Waals surface area contributed by atoms with Gasteiger partial charge in [-0.2, -0.15) is 0 Å². The zero-order chi connectivity index (χ0) is 15.5. The Labute approximate surface area is 129 Å². The molecule has 0 amide bonds. The summed E-state index contributed by atoms with van der Waals surface area (Å²) >= 11 is 6.10. The molecular formula is C14H18ClN3O2S. The van der Waals surface area contributed by atoms with Crippen LogP contribution in [0.5, 0.6) is 0 Å². The molecule has 5 nitrogen and oxygen atoms in total. The Kier molecular flexibility index (Phi) is 5.03. The second-order valence-corrected chi connectivity index (χ2v) is 7.27. The van der Waals surface area contributed by atoms with Crippen molar-refractivity contribution in [3.63, 3.8) is 0 Å². The lowest BCUT2D eigenvalue weighted by Crippen LogP contribution is -2.34. The van der Waals surface area contributed by atoms with E-state index in [1.807, 2.05) is 13.0 Å². The van der Waals surface area contributed by atoms with Crippen LogP contribution in [0.3, 0.4) is 0 Å². The Morgan fingerprint density at radius 1 is 1.33 bits per heavy atom. The second kappa shape index (κ2) is 6.60. The Morgan fingerprint density at radius 3 is 2.81 bits per heavy atom. The number of benzene rings is 1. The van der Waals surface area contributed by atoms with Gasteiger partial charge in [0, 0.05) is 18.1 Å². The summed E-state index contributed by atoms with van der Waals surface area (Å²) in [4.78, 5) is 4.22. The van der Waals surface area contributed by atoms with Crippen molar-refractivity contribution in [3.05, 3.63) is 35.5 Å². The van der Waals surface area contributed by atoms with Crippen LogP contribution in [0.1, 0.15) is 13.8 Å². The average molecular weight is 328 g/mol. The number of aromatic nitrogens is 1. The Bertz CT molecular complexity index is 734. The standard InChI is InChI=1S/C14H18ClN3O2S/c1-3-16-9-10(2)21(19,20)18-13-7-6-12(15)11-5-4-8-17-14(11)13/h4-8,10,16,18H,3,9H2,1-2H3. The minimum atomic E-state index is -3.49. The van der Waals surface area contributed by atoms with E-state index < -0.39 is 15.3 Å². The molecule has 0 saturated heterocycles. The average Bonchev–Trinajstić information content (AvgIpc) is 2.48. The summed E-state index contributed by atoms with van der Waals surface area (Å²) in [5, 5.41) is 3.75. The molecule has 2 N–H and O–H groups in total. The third-order valence-corrected chi connectivity index (χ3v) is 5.24. The zero-order valence-electron chi connectivity index (χ0n) is 11.9. The van der Waals surface area contributed by atoms with Crippen LogP contribution in [0.15, 0.2) is 30.5 Å². The maximum atomic E-state index is 12.3. The summed E-state index contributed by atoms with van der Waals surface area (Å²) < 4.78 is 27.3.